The van der Waals surface area contributed by atoms with Crippen LogP contribution in [0.1, 0.15) is 38.5 Å². The fraction of sp³-hybridized carbons (Fsp3) is 0.636. The van der Waals surface area contributed by atoms with Gasteiger partial charge in [-0.25, -0.2) is 0 Å². The molecule has 0 aromatic heterocycles. The van der Waals surface area contributed by atoms with E-state index in [-0.39, 0.29) is 5.91 Å². The van der Waals surface area contributed by atoms with Crippen LogP contribution in [0.3, 0.4) is 0 Å². The van der Waals surface area contributed by atoms with Crippen molar-refractivity contribution in [1.82, 2.24) is 5.32 Å². The van der Waals surface area contributed by atoms with E-state index in [0.29, 0.717) is 12.8 Å². The molecule has 1 N–H and O–H groups in total. The number of amides is 1. The van der Waals surface area contributed by atoms with Crippen molar-refractivity contribution in [2.45, 2.75) is 38.5 Å². The summed E-state index contributed by atoms with van der Waals surface area (Å²) in [5.74, 6) is -0.0270. The van der Waals surface area contributed by atoms with Gasteiger partial charge < -0.3 is 10.1 Å². The monoisotopic (exact) mass is 197 g/mol. The average Bonchev–Trinajstić information content (AvgIpc) is 2.20. The van der Waals surface area contributed by atoms with Crippen molar-refractivity contribution in [2.24, 2.45) is 0 Å². The summed E-state index contributed by atoms with van der Waals surface area (Å²) in [6.07, 6.45) is 7.60. The molecule has 0 fully saturated rings. The Hall–Kier alpha value is -1.12. The van der Waals surface area contributed by atoms with Gasteiger partial charge in [-0.15, -0.1) is 6.58 Å². The van der Waals surface area contributed by atoms with Gasteiger partial charge in [-0.05, 0) is 19.3 Å². The largest absolute Gasteiger partial charge is 0.356 e. The van der Waals surface area contributed by atoms with E-state index in [1.54, 1.807) is 0 Å². The number of hydrogen-bond donors (Lipinski definition) is 1. The van der Waals surface area contributed by atoms with Crippen LogP contribution in [0.25, 0.3) is 0 Å². The Kier molecular flexibility index (Phi) is 9.17. The molecule has 1 amide bonds. The van der Waals surface area contributed by atoms with Crippen LogP contribution in [0.4, 0.5) is 0 Å². The lowest BCUT2D eigenvalue weighted by Gasteiger charge is -2.02. The summed E-state index contributed by atoms with van der Waals surface area (Å²) in [6.45, 7) is 4.35. The van der Waals surface area contributed by atoms with E-state index in [2.05, 4.69) is 11.9 Å². The lowest BCUT2D eigenvalue weighted by atomic mass is 10.2. The number of hydrogen-bond acceptors (Lipinski definition) is 2. The molecule has 0 aliphatic carbocycles. The van der Waals surface area contributed by atoms with E-state index in [1.807, 2.05) is 6.08 Å². The highest BCUT2D eigenvalue weighted by molar-refractivity contribution is 5.77. The highest BCUT2D eigenvalue weighted by Crippen LogP contribution is 1.98. The molecule has 80 valence electrons. The van der Waals surface area contributed by atoms with Gasteiger partial charge in [-0.2, -0.15) is 0 Å². The first-order valence-corrected chi connectivity index (χ1v) is 5.12. The van der Waals surface area contributed by atoms with Gasteiger partial charge in [0.1, 0.15) is 6.29 Å². The van der Waals surface area contributed by atoms with Gasteiger partial charge in [0.25, 0.3) is 0 Å². The molecule has 0 unspecified atom stereocenters. The molecule has 0 saturated carbocycles. The van der Waals surface area contributed by atoms with Crippen LogP contribution in [-0.2, 0) is 9.59 Å². The molecule has 0 aliphatic heterocycles. The minimum absolute atomic E-state index is 0.0270. The average molecular weight is 197 g/mol. The summed E-state index contributed by atoms with van der Waals surface area (Å²) in [4.78, 5) is 21.0. The van der Waals surface area contributed by atoms with Crippen molar-refractivity contribution in [2.75, 3.05) is 6.54 Å². The molecule has 0 bridgehead atoms. The van der Waals surface area contributed by atoms with Crippen molar-refractivity contribution in [3.63, 3.8) is 0 Å². The molecule has 0 aromatic rings. The summed E-state index contributed by atoms with van der Waals surface area (Å²) in [7, 11) is 0. The van der Waals surface area contributed by atoms with Crippen molar-refractivity contribution >= 4 is 12.2 Å². The Morgan fingerprint density at radius 1 is 1.21 bits per heavy atom. The van der Waals surface area contributed by atoms with Crippen LogP contribution >= 0.6 is 0 Å². The standard InChI is InChI=1S/C11H19NO2/c1-2-3-4-5-6-9-12-11(14)8-7-10-13/h2,10H,1,3-9H2,(H,12,14). The van der Waals surface area contributed by atoms with Gasteiger partial charge in [-0.1, -0.05) is 12.5 Å². The first-order valence-electron chi connectivity index (χ1n) is 5.12. The topological polar surface area (TPSA) is 46.2 Å². The quantitative estimate of drug-likeness (QED) is 0.348. The third kappa shape index (κ3) is 8.97. The van der Waals surface area contributed by atoms with E-state index in [9.17, 15) is 9.59 Å². The Labute approximate surface area is 85.6 Å². The number of carbonyl (C=O) groups is 2. The molecule has 0 atom stereocenters. The van der Waals surface area contributed by atoms with E-state index < -0.39 is 0 Å². The van der Waals surface area contributed by atoms with Crippen LogP contribution in [0, 0.1) is 0 Å². The summed E-state index contributed by atoms with van der Waals surface area (Å²) in [5, 5.41) is 2.77. The lowest BCUT2D eigenvalue weighted by Crippen LogP contribution is -2.24. The summed E-state index contributed by atoms with van der Waals surface area (Å²) in [6, 6.07) is 0. The molecule has 0 heterocycles. The number of aldehydes is 1. The zero-order chi connectivity index (χ0) is 10.6. The number of nitrogens with one attached hydrogen (secondary N) is 1. The van der Waals surface area contributed by atoms with Crippen molar-refractivity contribution < 1.29 is 9.59 Å². The normalized spacial score (nSPS) is 9.43. The van der Waals surface area contributed by atoms with Crippen LogP contribution in [0.15, 0.2) is 12.7 Å². The first kappa shape index (κ1) is 12.9. The molecule has 0 aliphatic rings. The molecule has 0 aromatic carbocycles. The molecule has 14 heavy (non-hydrogen) atoms. The van der Waals surface area contributed by atoms with E-state index in [0.717, 1.165) is 38.5 Å². The smallest absolute Gasteiger partial charge is 0.220 e. The minimum Gasteiger partial charge on any atom is -0.356 e. The Morgan fingerprint density at radius 2 is 2.00 bits per heavy atom. The van der Waals surface area contributed by atoms with Crippen molar-refractivity contribution in [1.29, 1.82) is 0 Å². The Balaban J connectivity index is 3.14. The maximum absolute atomic E-state index is 11.0. The lowest BCUT2D eigenvalue weighted by molar-refractivity contribution is -0.122. The molecular weight excluding hydrogens is 178 g/mol. The predicted octanol–water partition coefficient (Wildman–Crippen LogP) is 1.83. The van der Waals surface area contributed by atoms with Gasteiger partial charge in [0.15, 0.2) is 0 Å². The van der Waals surface area contributed by atoms with Gasteiger partial charge in [0.2, 0.25) is 5.91 Å². The molecule has 0 rings (SSSR count). The third-order valence-electron chi connectivity index (χ3n) is 1.90. The van der Waals surface area contributed by atoms with Gasteiger partial charge in [-0.3, -0.25) is 4.79 Å². The highest BCUT2D eigenvalue weighted by atomic mass is 16.1. The fourth-order valence-electron chi connectivity index (χ4n) is 1.10. The molecule has 3 nitrogen and oxygen atoms in total. The van der Waals surface area contributed by atoms with Gasteiger partial charge in [0.05, 0.1) is 0 Å². The maximum Gasteiger partial charge on any atom is 0.220 e. The maximum atomic E-state index is 11.0. The number of allylic oxidation sites excluding steroid dienone is 1. The molecule has 0 spiro atoms. The Morgan fingerprint density at radius 3 is 2.64 bits per heavy atom. The van der Waals surface area contributed by atoms with Crippen LogP contribution < -0.4 is 5.32 Å². The summed E-state index contributed by atoms with van der Waals surface area (Å²) < 4.78 is 0. The number of unbranched alkanes of at least 4 members (excludes halogenated alkanes) is 3. The van der Waals surface area contributed by atoms with E-state index in [4.69, 9.17) is 0 Å². The van der Waals surface area contributed by atoms with Crippen LogP contribution in [0.5, 0.6) is 0 Å². The summed E-state index contributed by atoms with van der Waals surface area (Å²) >= 11 is 0. The Bertz CT molecular complexity index is 178. The van der Waals surface area contributed by atoms with E-state index >= 15 is 0 Å². The first-order chi connectivity index (χ1) is 6.81. The second kappa shape index (κ2) is 9.96. The fourth-order valence-corrected chi connectivity index (χ4v) is 1.10. The highest BCUT2D eigenvalue weighted by Gasteiger charge is 1.98. The second-order valence-electron chi connectivity index (χ2n) is 3.19. The molecule has 0 radical (unpaired) electrons. The zero-order valence-corrected chi connectivity index (χ0v) is 8.63. The van der Waals surface area contributed by atoms with Crippen molar-refractivity contribution in [3.05, 3.63) is 12.7 Å². The van der Waals surface area contributed by atoms with Crippen LogP contribution in [-0.4, -0.2) is 18.7 Å². The van der Waals surface area contributed by atoms with E-state index in [1.165, 1.54) is 0 Å². The second-order valence-corrected chi connectivity index (χ2v) is 3.19. The van der Waals surface area contributed by atoms with Crippen molar-refractivity contribution in [3.8, 4) is 0 Å². The third-order valence-corrected chi connectivity index (χ3v) is 1.90. The van der Waals surface area contributed by atoms with Crippen LogP contribution in [0.2, 0.25) is 0 Å². The summed E-state index contributed by atoms with van der Waals surface area (Å²) in [5.41, 5.74) is 0. The number of carbonyl (C=O) groups excluding carboxylic acids is 2. The number of rotatable bonds is 9. The molecule has 0 saturated heterocycles. The predicted molar refractivity (Wildman–Crippen MR) is 57.0 cm³/mol. The minimum atomic E-state index is -0.0270. The molecule has 3 heteroatoms. The SMILES string of the molecule is C=CCCCCCNC(=O)CCC=O. The zero-order valence-electron chi connectivity index (χ0n) is 8.63. The molecular formula is C11H19NO2. The van der Waals surface area contributed by atoms with Gasteiger partial charge in [0, 0.05) is 19.4 Å². The van der Waals surface area contributed by atoms with Gasteiger partial charge >= 0.3 is 0 Å².